The van der Waals surface area contributed by atoms with Gasteiger partial charge in [0, 0.05) is 9.39 Å². The Labute approximate surface area is 77.7 Å². The zero-order valence-corrected chi connectivity index (χ0v) is 8.34. The van der Waals surface area contributed by atoms with Crippen LogP contribution >= 0.6 is 37.6 Å². The van der Waals surface area contributed by atoms with Crippen LogP contribution in [0.5, 0.6) is 0 Å². The molecule has 54 valence electrons. The van der Waals surface area contributed by atoms with Crippen LogP contribution in [0.25, 0.3) is 0 Å². The number of hydrogen-bond acceptors (Lipinski definition) is 1. The largest absolute Gasteiger partial charge is 0.0664 e. The molecule has 0 heterocycles. The first-order chi connectivity index (χ1) is 4.83. The van der Waals surface area contributed by atoms with Crippen molar-refractivity contribution >= 4 is 37.6 Å². The summed E-state index contributed by atoms with van der Waals surface area (Å²) in [6.07, 6.45) is 9.11. The number of rotatable bonds is 1. The second kappa shape index (κ2) is 4.27. The predicted molar refractivity (Wildman–Crippen MR) is 52.3 cm³/mol. The molecule has 0 atom stereocenters. The fourth-order valence-electron chi connectivity index (χ4n) is 0.643. The van der Waals surface area contributed by atoms with Crippen molar-refractivity contribution < 1.29 is 0 Å². The molecule has 1 aliphatic carbocycles. The summed E-state index contributed by atoms with van der Waals surface area (Å²) < 4.78 is 1.12. The lowest BCUT2D eigenvalue weighted by atomic mass is 10.4. The van der Waals surface area contributed by atoms with E-state index in [1.807, 2.05) is 12.2 Å². The van der Waals surface area contributed by atoms with Gasteiger partial charge in [-0.15, -0.1) is 0 Å². The maximum Gasteiger partial charge on any atom is 0.0197 e. The van der Waals surface area contributed by atoms with E-state index < -0.39 is 0 Å². The minimum atomic E-state index is 0.947. The summed E-state index contributed by atoms with van der Waals surface area (Å²) in [6, 6.07) is 0. The quantitative estimate of drug-likeness (QED) is 0.664. The van der Waals surface area contributed by atoms with Crippen molar-refractivity contribution in [2.75, 3.05) is 0 Å². The maximum absolute atomic E-state index is 5.56. The van der Waals surface area contributed by atoms with Crippen molar-refractivity contribution in [1.82, 2.24) is 0 Å². The Hall–Kier alpha value is 0.340. The van der Waals surface area contributed by atoms with Gasteiger partial charge in [-0.3, -0.25) is 0 Å². The molecule has 0 N–H and O–H groups in total. The van der Waals surface area contributed by atoms with Crippen molar-refractivity contribution in [2.45, 2.75) is 6.42 Å². The van der Waals surface area contributed by atoms with Gasteiger partial charge in [-0.05, 0) is 40.2 Å². The minimum absolute atomic E-state index is 0.947. The molecule has 0 aromatic rings. The van der Waals surface area contributed by atoms with Gasteiger partial charge >= 0.3 is 0 Å². The highest BCUT2D eigenvalue weighted by Gasteiger charge is 1.94. The normalized spacial score (nSPS) is 17.8. The third kappa shape index (κ3) is 2.52. The van der Waals surface area contributed by atoms with Crippen molar-refractivity contribution in [1.29, 1.82) is 0 Å². The van der Waals surface area contributed by atoms with Crippen LogP contribution in [0.3, 0.4) is 0 Å². The van der Waals surface area contributed by atoms with Gasteiger partial charge in [0.15, 0.2) is 0 Å². The summed E-state index contributed by atoms with van der Waals surface area (Å²) in [5, 5.41) is 0. The maximum atomic E-state index is 5.56. The topological polar surface area (TPSA) is 0 Å². The van der Waals surface area contributed by atoms with Crippen LogP contribution in [0, 0.1) is 0 Å². The molecule has 0 saturated heterocycles. The lowest BCUT2D eigenvalue weighted by Crippen LogP contribution is -1.61. The molecule has 0 aromatic carbocycles. The molecule has 0 amide bonds. The number of halogens is 2. The number of hydrogen-bond donors (Lipinski definition) is 0. The van der Waals surface area contributed by atoms with Crippen LogP contribution in [-0.2, 0) is 0 Å². The van der Waals surface area contributed by atoms with Gasteiger partial charge in [-0.1, -0.05) is 28.1 Å². The Bertz CT molecular complexity index is 206. The van der Waals surface area contributed by atoms with E-state index in [1.165, 1.54) is 11.0 Å². The lowest BCUT2D eigenvalue weighted by Gasteiger charge is -1.87. The van der Waals surface area contributed by atoms with E-state index in [0.717, 1.165) is 15.8 Å². The molecule has 0 aromatic heterocycles. The second-order valence-electron chi connectivity index (χ2n) is 1.84. The lowest BCUT2D eigenvalue weighted by molar-refractivity contribution is 1.40. The molecule has 10 heavy (non-hydrogen) atoms. The highest BCUT2D eigenvalue weighted by atomic mass is 79.9. The molecule has 0 saturated carbocycles. The Kier molecular flexibility index (Phi) is 3.60. The summed E-state index contributed by atoms with van der Waals surface area (Å²) in [7, 11) is 6.81. The molecule has 0 aliphatic heterocycles. The summed E-state index contributed by atoms with van der Waals surface area (Å²) in [6.45, 7) is 0. The van der Waals surface area contributed by atoms with Crippen molar-refractivity contribution in [3.05, 3.63) is 33.7 Å². The monoisotopic (exact) mass is 236 g/mol. The van der Waals surface area contributed by atoms with Crippen LogP contribution in [0.4, 0.5) is 0 Å². The third-order valence-corrected chi connectivity index (χ3v) is 2.73. The highest BCUT2D eigenvalue weighted by Crippen LogP contribution is 2.25. The molecule has 0 fully saturated rings. The van der Waals surface area contributed by atoms with E-state index in [0.29, 0.717) is 0 Å². The molecular formula is C7H6BrClS. The van der Waals surface area contributed by atoms with E-state index in [4.69, 9.17) is 10.7 Å². The SMILES string of the molecule is ClSC1=CCC=C(Br)C=C1. The first-order valence-electron chi connectivity index (χ1n) is 2.85. The standard InChI is InChI=1S/C7H6BrClS/c8-6-2-1-3-7(10-9)5-4-6/h2-5H,1H2. The molecule has 0 nitrogen and oxygen atoms in total. The molecule has 0 spiro atoms. The van der Waals surface area contributed by atoms with E-state index in [2.05, 4.69) is 28.1 Å². The average Bonchev–Trinajstić information content (AvgIpc) is 2.14. The second-order valence-corrected chi connectivity index (χ2v) is 3.85. The van der Waals surface area contributed by atoms with Gasteiger partial charge in [0.1, 0.15) is 0 Å². The van der Waals surface area contributed by atoms with Crippen LogP contribution < -0.4 is 0 Å². The molecule has 0 bridgehead atoms. The third-order valence-electron chi connectivity index (χ3n) is 1.13. The van der Waals surface area contributed by atoms with Crippen molar-refractivity contribution in [3.8, 4) is 0 Å². The van der Waals surface area contributed by atoms with Crippen molar-refractivity contribution in [3.63, 3.8) is 0 Å². The Balaban J connectivity index is 2.69. The van der Waals surface area contributed by atoms with E-state index >= 15 is 0 Å². The van der Waals surface area contributed by atoms with Gasteiger partial charge < -0.3 is 0 Å². The van der Waals surface area contributed by atoms with Gasteiger partial charge in [0.2, 0.25) is 0 Å². The zero-order valence-electron chi connectivity index (χ0n) is 5.18. The molecule has 0 radical (unpaired) electrons. The summed E-state index contributed by atoms with van der Waals surface area (Å²) in [5.41, 5.74) is 0. The highest BCUT2D eigenvalue weighted by molar-refractivity contribution is 9.11. The smallest absolute Gasteiger partial charge is 0.0197 e. The van der Waals surface area contributed by atoms with Crippen LogP contribution in [0.1, 0.15) is 6.42 Å². The van der Waals surface area contributed by atoms with Gasteiger partial charge in [-0.2, -0.15) is 0 Å². The predicted octanol–water partition coefficient (Wildman–Crippen LogP) is 4.00. The van der Waals surface area contributed by atoms with Crippen LogP contribution in [0.15, 0.2) is 33.7 Å². The summed E-state index contributed by atoms with van der Waals surface area (Å²) >= 11 is 3.38. The van der Waals surface area contributed by atoms with Gasteiger partial charge in [0.05, 0.1) is 0 Å². The van der Waals surface area contributed by atoms with Crippen LogP contribution in [-0.4, -0.2) is 0 Å². The molecule has 1 aliphatic rings. The molecular weight excluding hydrogens is 232 g/mol. The Morgan fingerprint density at radius 3 is 2.90 bits per heavy atom. The minimum Gasteiger partial charge on any atom is -0.0664 e. The fourth-order valence-corrected chi connectivity index (χ4v) is 1.58. The van der Waals surface area contributed by atoms with E-state index in [9.17, 15) is 0 Å². The summed E-state index contributed by atoms with van der Waals surface area (Å²) in [5.74, 6) is 0. The molecule has 0 unspecified atom stereocenters. The first kappa shape index (κ1) is 8.44. The van der Waals surface area contributed by atoms with E-state index in [1.54, 1.807) is 0 Å². The Morgan fingerprint density at radius 2 is 2.20 bits per heavy atom. The van der Waals surface area contributed by atoms with Gasteiger partial charge in [-0.25, -0.2) is 0 Å². The van der Waals surface area contributed by atoms with Gasteiger partial charge in [0.25, 0.3) is 0 Å². The van der Waals surface area contributed by atoms with E-state index in [-0.39, 0.29) is 0 Å². The zero-order chi connectivity index (χ0) is 7.40. The fraction of sp³-hybridized carbons (Fsp3) is 0.143. The molecule has 1 rings (SSSR count). The number of allylic oxidation sites excluding steroid dienone is 5. The average molecular weight is 238 g/mol. The molecule has 3 heteroatoms. The van der Waals surface area contributed by atoms with Crippen LogP contribution in [0.2, 0.25) is 0 Å². The first-order valence-corrected chi connectivity index (χ1v) is 5.29. The summed E-state index contributed by atoms with van der Waals surface area (Å²) in [4.78, 5) is 1.10. The van der Waals surface area contributed by atoms with Crippen molar-refractivity contribution in [2.24, 2.45) is 0 Å². The Morgan fingerprint density at radius 1 is 1.40 bits per heavy atom.